The van der Waals surface area contributed by atoms with Crippen molar-refractivity contribution >= 4 is 5.69 Å². The van der Waals surface area contributed by atoms with Gasteiger partial charge in [0.2, 0.25) is 0 Å². The summed E-state index contributed by atoms with van der Waals surface area (Å²) in [5.41, 5.74) is 0.289. The molecule has 3 nitrogen and oxygen atoms in total. The quantitative estimate of drug-likeness (QED) is 0.619. The zero-order valence-electron chi connectivity index (χ0n) is 16.9. The largest absolute Gasteiger partial charge is 0.488 e. The highest BCUT2D eigenvalue weighted by molar-refractivity contribution is 5.55. The smallest absolute Gasteiger partial charge is 0.417 e. The Bertz CT molecular complexity index is 884. The summed E-state index contributed by atoms with van der Waals surface area (Å²) in [4.78, 5) is 1.96. The molecule has 29 heavy (non-hydrogen) atoms. The molecular formula is C23H25F3N2O. The van der Waals surface area contributed by atoms with Crippen molar-refractivity contribution in [1.29, 1.82) is 5.26 Å². The summed E-state index contributed by atoms with van der Waals surface area (Å²) in [5, 5.41) is 8.95. The van der Waals surface area contributed by atoms with Crippen LogP contribution in [0.3, 0.4) is 0 Å². The Hall–Kier alpha value is -2.68. The molecule has 0 atom stereocenters. The van der Waals surface area contributed by atoms with E-state index in [0.29, 0.717) is 24.7 Å². The molecule has 1 fully saturated rings. The van der Waals surface area contributed by atoms with Crippen LogP contribution in [0.1, 0.15) is 56.2 Å². The van der Waals surface area contributed by atoms with Crippen LogP contribution in [0.25, 0.3) is 0 Å². The molecule has 1 saturated heterocycles. The molecule has 2 aromatic rings. The molecule has 0 aliphatic carbocycles. The van der Waals surface area contributed by atoms with E-state index in [1.807, 2.05) is 37.8 Å². The van der Waals surface area contributed by atoms with Crippen LogP contribution in [0.4, 0.5) is 18.9 Å². The van der Waals surface area contributed by atoms with Gasteiger partial charge >= 0.3 is 6.18 Å². The van der Waals surface area contributed by atoms with Gasteiger partial charge in [0, 0.05) is 18.8 Å². The van der Waals surface area contributed by atoms with Crippen LogP contribution in [0.5, 0.6) is 5.75 Å². The second-order valence-electron chi connectivity index (χ2n) is 8.38. The highest BCUT2D eigenvalue weighted by Crippen LogP contribution is 2.36. The fourth-order valence-electron chi connectivity index (χ4n) is 3.69. The SMILES string of the molecule is CC(C)(C)Oc1ccc(C2CCN(c3ccc(C#N)c(C(F)(F)F)c3)CC2)cc1. The zero-order valence-corrected chi connectivity index (χ0v) is 16.9. The molecule has 0 saturated carbocycles. The van der Waals surface area contributed by atoms with Gasteiger partial charge in [-0.25, -0.2) is 0 Å². The molecule has 0 bridgehead atoms. The van der Waals surface area contributed by atoms with Crippen LogP contribution in [-0.2, 0) is 6.18 Å². The van der Waals surface area contributed by atoms with Crippen LogP contribution in [-0.4, -0.2) is 18.7 Å². The summed E-state index contributed by atoms with van der Waals surface area (Å²) in [7, 11) is 0. The van der Waals surface area contributed by atoms with Crippen LogP contribution < -0.4 is 9.64 Å². The molecular weight excluding hydrogens is 377 g/mol. The lowest BCUT2D eigenvalue weighted by Gasteiger charge is -2.34. The Labute approximate surface area is 169 Å². The van der Waals surface area contributed by atoms with E-state index >= 15 is 0 Å². The summed E-state index contributed by atoms with van der Waals surface area (Å²) >= 11 is 0. The number of nitriles is 1. The lowest BCUT2D eigenvalue weighted by Crippen LogP contribution is -2.33. The minimum Gasteiger partial charge on any atom is -0.488 e. The first-order chi connectivity index (χ1) is 13.6. The molecule has 1 aliphatic rings. The summed E-state index contributed by atoms with van der Waals surface area (Å²) in [6, 6.07) is 13.7. The average Bonchev–Trinajstić information content (AvgIpc) is 2.66. The Morgan fingerprint density at radius 3 is 2.14 bits per heavy atom. The van der Waals surface area contributed by atoms with Crippen molar-refractivity contribution in [3.8, 4) is 11.8 Å². The topological polar surface area (TPSA) is 36.3 Å². The maximum absolute atomic E-state index is 13.2. The van der Waals surface area contributed by atoms with Crippen molar-refractivity contribution in [2.75, 3.05) is 18.0 Å². The third kappa shape index (κ3) is 5.23. The minimum absolute atomic E-state index is 0.247. The van der Waals surface area contributed by atoms with Gasteiger partial charge in [0.05, 0.1) is 17.2 Å². The summed E-state index contributed by atoms with van der Waals surface area (Å²) in [5.74, 6) is 1.20. The van der Waals surface area contributed by atoms with Crippen LogP contribution in [0, 0.1) is 11.3 Å². The van der Waals surface area contributed by atoms with Gasteiger partial charge in [-0.15, -0.1) is 0 Å². The molecule has 0 radical (unpaired) electrons. The monoisotopic (exact) mass is 402 g/mol. The number of alkyl halides is 3. The molecule has 0 aromatic heterocycles. The van der Waals surface area contributed by atoms with Crippen molar-refractivity contribution in [3.05, 3.63) is 59.2 Å². The molecule has 1 aliphatic heterocycles. The summed E-state index contributed by atoms with van der Waals surface area (Å²) in [6.07, 6.45) is -2.81. The number of piperidine rings is 1. The molecule has 154 valence electrons. The van der Waals surface area contributed by atoms with Gasteiger partial charge in [-0.2, -0.15) is 18.4 Å². The number of nitrogens with zero attached hydrogens (tertiary/aromatic N) is 2. The van der Waals surface area contributed by atoms with Gasteiger partial charge in [-0.3, -0.25) is 0 Å². The Morgan fingerprint density at radius 2 is 1.62 bits per heavy atom. The normalized spacial score (nSPS) is 15.8. The van der Waals surface area contributed by atoms with Crippen LogP contribution in [0.2, 0.25) is 0 Å². The lowest BCUT2D eigenvalue weighted by molar-refractivity contribution is -0.137. The third-order valence-electron chi connectivity index (χ3n) is 5.06. The van der Waals surface area contributed by atoms with E-state index in [-0.39, 0.29) is 11.2 Å². The number of ether oxygens (including phenoxy) is 1. The fraction of sp³-hybridized carbons (Fsp3) is 0.435. The standard InChI is InChI=1S/C23H25F3N2O/c1-22(2,3)29-20-8-5-16(6-9-20)17-10-12-28(13-11-17)19-7-4-18(15-27)21(14-19)23(24,25)26/h4-9,14,17H,10-13H2,1-3H3. The average molecular weight is 402 g/mol. The Kier molecular flexibility index (Phi) is 5.79. The second-order valence-corrected chi connectivity index (χ2v) is 8.38. The van der Waals surface area contributed by atoms with Crippen molar-refractivity contribution in [3.63, 3.8) is 0 Å². The number of benzene rings is 2. The lowest BCUT2D eigenvalue weighted by atomic mass is 9.89. The van der Waals surface area contributed by atoms with E-state index in [1.165, 1.54) is 11.6 Å². The minimum atomic E-state index is -4.53. The van der Waals surface area contributed by atoms with E-state index in [4.69, 9.17) is 10.00 Å². The van der Waals surface area contributed by atoms with E-state index in [0.717, 1.165) is 24.7 Å². The van der Waals surface area contributed by atoms with E-state index in [9.17, 15) is 13.2 Å². The van der Waals surface area contributed by atoms with Crippen molar-refractivity contribution in [2.45, 2.75) is 51.3 Å². The van der Waals surface area contributed by atoms with Crippen LogP contribution in [0.15, 0.2) is 42.5 Å². The molecule has 0 amide bonds. The first-order valence-electron chi connectivity index (χ1n) is 9.72. The predicted molar refractivity (Wildman–Crippen MR) is 107 cm³/mol. The first-order valence-corrected chi connectivity index (χ1v) is 9.72. The van der Waals surface area contributed by atoms with Crippen molar-refractivity contribution in [2.24, 2.45) is 0 Å². The van der Waals surface area contributed by atoms with E-state index in [1.54, 1.807) is 12.1 Å². The van der Waals surface area contributed by atoms with Gasteiger partial charge in [0.1, 0.15) is 11.4 Å². The maximum atomic E-state index is 13.2. The van der Waals surface area contributed by atoms with Gasteiger partial charge < -0.3 is 9.64 Å². The van der Waals surface area contributed by atoms with Gasteiger partial charge in [-0.05, 0) is 75.4 Å². The maximum Gasteiger partial charge on any atom is 0.417 e. The number of rotatable bonds is 3. The molecule has 0 spiro atoms. The van der Waals surface area contributed by atoms with Gasteiger partial charge in [0.25, 0.3) is 0 Å². The van der Waals surface area contributed by atoms with Gasteiger partial charge in [0.15, 0.2) is 0 Å². The highest BCUT2D eigenvalue weighted by atomic mass is 19.4. The third-order valence-corrected chi connectivity index (χ3v) is 5.06. The van der Waals surface area contributed by atoms with Gasteiger partial charge in [-0.1, -0.05) is 12.1 Å². The molecule has 0 N–H and O–H groups in total. The van der Waals surface area contributed by atoms with Crippen molar-refractivity contribution < 1.29 is 17.9 Å². The number of anilines is 1. The Balaban J connectivity index is 1.67. The number of hydrogen-bond acceptors (Lipinski definition) is 3. The number of hydrogen-bond donors (Lipinski definition) is 0. The highest BCUT2D eigenvalue weighted by Gasteiger charge is 2.34. The van der Waals surface area contributed by atoms with E-state index in [2.05, 4.69) is 12.1 Å². The van der Waals surface area contributed by atoms with Crippen molar-refractivity contribution in [1.82, 2.24) is 0 Å². The Morgan fingerprint density at radius 1 is 1.00 bits per heavy atom. The molecule has 2 aromatic carbocycles. The van der Waals surface area contributed by atoms with Crippen LogP contribution >= 0.6 is 0 Å². The second kappa shape index (κ2) is 7.98. The zero-order chi connectivity index (χ0) is 21.2. The predicted octanol–water partition coefficient (Wildman–Crippen LogP) is 6.14. The number of halogens is 3. The van der Waals surface area contributed by atoms with E-state index < -0.39 is 11.7 Å². The molecule has 3 rings (SSSR count). The molecule has 0 unspecified atom stereocenters. The summed E-state index contributed by atoms with van der Waals surface area (Å²) < 4.78 is 45.5. The molecule has 6 heteroatoms. The molecule has 1 heterocycles. The fourth-order valence-corrected chi connectivity index (χ4v) is 3.69. The first kappa shape index (κ1) is 21.0. The summed E-state index contributed by atoms with van der Waals surface area (Å²) in [6.45, 7) is 7.36.